The minimum absolute atomic E-state index is 0.121. The molecule has 1 saturated heterocycles. The molecule has 4 aliphatic heterocycles. The van der Waals surface area contributed by atoms with Crippen LogP contribution in [0.2, 0.25) is 18.6 Å². The lowest BCUT2D eigenvalue weighted by Gasteiger charge is -2.32. The fourth-order valence-electron chi connectivity index (χ4n) is 9.87. The van der Waals surface area contributed by atoms with E-state index in [1.807, 2.05) is 123 Å². The molecule has 1 fully saturated rings. The van der Waals surface area contributed by atoms with Gasteiger partial charge in [0.2, 0.25) is 0 Å². The minimum atomic E-state index is -3.01. The van der Waals surface area contributed by atoms with Crippen LogP contribution in [0.4, 0.5) is 28.4 Å². The number of ether oxygens (including phenoxy) is 3. The summed E-state index contributed by atoms with van der Waals surface area (Å²) in [5, 5.41) is 10.2. The average molecular weight is 830 g/mol. The van der Waals surface area contributed by atoms with Crippen molar-refractivity contribution in [1.29, 1.82) is 0 Å². The number of carbonyl (C=O) groups excluding carboxylic acids is 3. The minimum Gasteiger partial charge on any atom is -0.454 e. The molecule has 0 aliphatic carbocycles. The summed E-state index contributed by atoms with van der Waals surface area (Å²) in [6, 6.07) is 42.1. The second kappa shape index (κ2) is 14.6. The molecule has 306 valence electrons. The molecule has 3 amide bonds. The van der Waals surface area contributed by atoms with Crippen molar-refractivity contribution in [3.8, 4) is 23.0 Å². The summed E-state index contributed by atoms with van der Waals surface area (Å²) >= 11 is 0. The molecule has 12 heteroatoms. The number of benzene rings is 6. The molecule has 10 rings (SSSR count). The summed E-state index contributed by atoms with van der Waals surface area (Å²) in [6.07, 6.45) is -0.363. The Bertz CT molecular complexity index is 2770. The highest BCUT2D eigenvalue weighted by Crippen LogP contribution is 2.60. The zero-order chi connectivity index (χ0) is 42.2. The zero-order valence-corrected chi connectivity index (χ0v) is 34.8. The summed E-state index contributed by atoms with van der Waals surface area (Å²) in [6.45, 7) is 5.58. The van der Waals surface area contributed by atoms with Crippen LogP contribution in [0, 0.1) is 5.92 Å². The molecule has 2 N–H and O–H groups in total. The first-order chi connectivity index (χ1) is 29.5. The van der Waals surface area contributed by atoms with Crippen molar-refractivity contribution >= 4 is 54.5 Å². The third kappa shape index (κ3) is 6.08. The first-order valence-corrected chi connectivity index (χ1v) is 23.5. The largest absolute Gasteiger partial charge is 0.454 e. The maximum absolute atomic E-state index is 15.5. The summed E-state index contributed by atoms with van der Waals surface area (Å²) in [5.41, 5.74) is 2.97. The first-order valence-electron chi connectivity index (χ1n) is 20.5. The van der Waals surface area contributed by atoms with Crippen molar-refractivity contribution in [2.24, 2.45) is 5.92 Å². The Balaban J connectivity index is 1.10. The average Bonchev–Trinajstić information content (AvgIpc) is 3.56. The number of nitrogens with zero attached hydrogens (tertiary/aromatic N) is 3. The van der Waals surface area contributed by atoms with E-state index >= 15 is 4.79 Å². The highest BCUT2D eigenvalue weighted by Gasteiger charge is 2.66. The van der Waals surface area contributed by atoms with E-state index in [0.29, 0.717) is 68.1 Å². The van der Waals surface area contributed by atoms with Crippen LogP contribution in [0.25, 0.3) is 0 Å². The Morgan fingerprint density at radius 2 is 1.18 bits per heavy atom. The predicted molar refractivity (Wildman–Crippen MR) is 234 cm³/mol. The molecular weight excluding hydrogens is 787 g/mol. The molecule has 4 aliphatic rings. The van der Waals surface area contributed by atoms with Crippen LogP contribution in [0.3, 0.4) is 0 Å². The van der Waals surface area contributed by atoms with Gasteiger partial charge in [0.05, 0.1) is 40.8 Å². The summed E-state index contributed by atoms with van der Waals surface area (Å²) in [4.78, 5) is 61.1. The molecule has 0 unspecified atom stereocenters. The van der Waals surface area contributed by atoms with E-state index in [2.05, 4.69) is 0 Å². The summed E-state index contributed by atoms with van der Waals surface area (Å²) < 4.78 is 19.5. The highest BCUT2D eigenvalue weighted by molar-refractivity contribution is 6.71. The van der Waals surface area contributed by atoms with E-state index in [0.717, 1.165) is 5.56 Å². The molecular formula is C49H43N3O8Si. The monoisotopic (exact) mass is 829 g/mol. The van der Waals surface area contributed by atoms with E-state index in [-0.39, 0.29) is 37.3 Å². The van der Waals surface area contributed by atoms with E-state index in [1.165, 1.54) is 0 Å². The fourth-order valence-corrected chi connectivity index (χ4v) is 12.5. The fraction of sp³-hybridized carbons (Fsp3) is 0.204. The summed E-state index contributed by atoms with van der Waals surface area (Å²) in [7, 11) is -3.01. The zero-order valence-electron chi connectivity index (χ0n) is 33.8. The molecule has 4 heterocycles. The molecule has 6 aromatic rings. The van der Waals surface area contributed by atoms with Gasteiger partial charge in [-0.25, -0.2) is 0 Å². The Hall–Kier alpha value is -6.57. The van der Waals surface area contributed by atoms with E-state index in [9.17, 15) is 19.5 Å². The Morgan fingerprint density at radius 1 is 0.639 bits per heavy atom. The normalized spacial score (nSPS) is 21.5. The van der Waals surface area contributed by atoms with Crippen LogP contribution in [-0.4, -0.2) is 48.7 Å². The number of hydrogen-bond donors (Lipinski definition) is 2. The number of aliphatic hydroxyl groups excluding tert-OH is 1. The smallest absolute Gasteiger partial charge is 0.266 e. The number of carbonyl (C=O) groups is 3. The number of amides is 3. The molecule has 0 radical (unpaired) electrons. The lowest BCUT2D eigenvalue weighted by atomic mass is 9.82. The van der Waals surface area contributed by atoms with E-state index in [4.69, 9.17) is 14.2 Å². The molecule has 11 nitrogen and oxygen atoms in total. The van der Waals surface area contributed by atoms with Crippen molar-refractivity contribution in [2.45, 2.75) is 50.2 Å². The van der Waals surface area contributed by atoms with E-state index in [1.54, 1.807) is 51.1 Å². The Labute approximate surface area is 354 Å². The number of hydrogen-bond acceptors (Lipinski definition) is 8. The molecule has 4 atom stereocenters. The number of aliphatic hydroxyl groups is 1. The summed E-state index contributed by atoms with van der Waals surface area (Å²) in [5.74, 6) is 0.552. The molecule has 61 heavy (non-hydrogen) atoms. The van der Waals surface area contributed by atoms with Gasteiger partial charge in [-0.05, 0) is 104 Å². The molecule has 0 aromatic heterocycles. The lowest BCUT2D eigenvalue weighted by molar-refractivity contribution is -0.146. The quantitative estimate of drug-likeness (QED) is 0.152. The van der Waals surface area contributed by atoms with Crippen LogP contribution < -0.4 is 24.2 Å². The van der Waals surface area contributed by atoms with Gasteiger partial charge < -0.3 is 29.0 Å². The second-order valence-corrected chi connectivity index (χ2v) is 20.5. The van der Waals surface area contributed by atoms with Gasteiger partial charge in [0.1, 0.15) is 11.5 Å². The maximum atomic E-state index is 15.5. The van der Waals surface area contributed by atoms with Gasteiger partial charge in [-0.2, -0.15) is 0 Å². The Morgan fingerprint density at radius 3 is 1.75 bits per heavy atom. The van der Waals surface area contributed by atoms with Gasteiger partial charge in [-0.3, -0.25) is 24.2 Å². The van der Waals surface area contributed by atoms with Gasteiger partial charge in [-0.15, -0.1) is 0 Å². The number of para-hydroxylation sites is 6. The number of anilines is 5. The SMILES string of the molecule is C[C@@H]1[C@@H]([Si](C)(C)O)[C@H](CCO)O[C@@]12C(=O)N(Cc1cccc(N3C(=O)c4ccccc4Oc4ccccc43)c1)c1ccc(N3C(=O)c4ccccc4Oc4ccccc43)cc12. The third-order valence-electron chi connectivity index (χ3n) is 12.4. The number of rotatable bonds is 7. The maximum Gasteiger partial charge on any atom is 0.266 e. The first kappa shape index (κ1) is 38.6. The standard InChI is InChI=1S/C49H43N3O8Si/c1-30-45(61(2,3)57)44(25-26-53)60-49(30)36-28-33(52-39-18-7-11-22-43(39)59-41-20-9-5-16-35(41)47(52)55)23-24-37(36)50(48(49)56)29-31-13-12-14-32(27-31)51-38-17-6-10-21-42(38)58-40-19-8-4-15-34(40)46(51)54/h4-24,27-28,30,44-45,53,57H,25-26,29H2,1-3H3/t30-,44+,45-,49+/m1/s1. The third-order valence-corrected chi connectivity index (χ3v) is 14.9. The highest BCUT2D eigenvalue weighted by atomic mass is 28.4. The molecule has 6 aromatic carbocycles. The van der Waals surface area contributed by atoms with Crippen LogP contribution in [0.5, 0.6) is 23.0 Å². The van der Waals surface area contributed by atoms with Gasteiger partial charge in [0.25, 0.3) is 17.7 Å². The second-order valence-electron chi connectivity index (χ2n) is 16.5. The molecule has 1 spiro atoms. The topological polar surface area (TPSA) is 129 Å². The van der Waals surface area contributed by atoms with Crippen molar-refractivity contribution in [3.05, 3.63) is 162 Å². The van der Waals surface area contributed by atoms with Gasteiger partial charge in [-0.1, -0.05) is 67.6 Å². The van der Waals surface area contributed by atoms with Gasteiger partial charge in [0, 0.05) is 35.0 Å². The van der Waals surface area contributed by atoms with Crippen molar-refractivity contribution in [2.75, 3.05) is 21.3 Å². The van der Waals surface area contributed by atoms with Crippen molar-refractivity contribution in [1.82, 2.24) is 0 Å². The lowest BCUT2D eigenvalue weighted by Crippen LogP contribution is -2.46. The molecule has 0 bridgehead atoms. The van der Waals surface area contributed by atoms with Crippen molar-refractivity contribution < 1.29 is 38.5 Å². The van der Waals surface area contributed by atoms with Gasteiger partial charge in [0.15, 0.2) is 25.4 Å². The van der Waals surface area contributed by atoms with E-state index < -0.39 is 31.5 Å². The van der Waals surface area contributed by atoms with Crippen LogP contribution in [0.1, 0.15) is 45.2 Å². The van der Waals surface area contributed by atoms with Crippen LogP contribution >= 0.6 is 0 Å². The van der Waals surface area contributed by atoms with Gasteiger partial charge >= 0.3 is 0 Å². The Kier molecular flexibility index (Phi) is 9.22. The predicted octanol–water partition coefficient (Wildman–Crippen LogP) is 9.58. The van der Waals surface area contributed by atoms with Crippen LogP contribution in [-0.2, 0) is 21.7 Å². The molecule has 0 saturated carbocycles. The number of fused-ring (bicyclic) bond motifs is 6. The van der Waals surface area contributed by atoms with Crippen LogP contribution in [0.15, 0.2) is 140 Å². The van der Waals surface area contributed by atoms with Crippen molar-refractivity contribution in [3.63, 3.8) is 0 Å².